The Hall–Kier alpha value is -2.57. The largest absolute Gasteiger partial charge is 0.480 e. The summed E-state index contributed by atoms with van der Waals surface area (Å²) in [7, 11) is 28.5. The van der Waals surface area contributed by atoms with E-state index in [1.165, 1.54) is 0 Å². The lowest BCUT2D eigenvalue weighted by molar-refractivity contribution is -0.142. The van der Waals surface area contributed by atoms with Gasteiger partial charge in [-0.3, -0.25) is 19.2 Å². The molecule has 0 heterocycles. The van der Waals surface area contributed by atoms with Gasteiger partial charge in [-0.05, 0) is 130 Å². The average Bonchev–Trinajstić information content (AvgIpc) is 3.12. The molecule has 0 aliphatic carbocycles. The van der Waals surface area contributed by atoms with E-state index in [0.717, 1.165) is 12.8 Å². The van der Waals surface area contributed by atoms with Crippen LogP contribution in [0.2, 0.25) is 0 Å². The maximum atomic E-state index is 13.8. The van der Waals surface area contributed by atoms with Crippen molar-refractivity contribution >= 4 is 69.5 Å². The summed E-state index contributed by atoms with van der Waals surface area (Å²) in [6, 6.07) is -4.84. The van der Waals surface area contributed by atoms with Gasteiger partial charge in [0.1, 0.15) is 24.2 Å². The van der Waals surface area contributed by atoms with E-state index in [-0.39, 0.29) is 31.6 Å². The number of hydrogen-bond donors (Lipinski definition) is 11. The van der Waals surface area contributed by atoms with Gasteiger partial charge in [0.2, 0.25) is 23.6 Å². The van der Waals surface area contributed by atoms with Crippen LogP contribution in [0.25, 0.3) is 0 Å². The van der Waals surface area contributed by atoms with E-state index in [9.17, 15) is 29.1 Å². The Morgan fingerprint density at radius 1 is 0.404 bits per heavy atom. The van der Waals surface area contributed by atoms with Gasteiger partial charge in [-0.15, -0.1) is 0 Å². The van der Waals surface area contributed by atoms with Gasteiger partial charge in [0, 0.05) is 0 Å². The number of hydrogen-bond acceptors (Lipinski definition) is 11. The molecule has 11 N–H and O–H groups in total. The van der Waals surface area contributed by atoms with Crippen LogP contribution in [0.5, 0.6) is 0 Å². The van der Waals surface area contributed by atoms with E-state index in [4.69, 9.17) is 39.9 Å². The predicted octanol–water partition coefficient (Wildman–Crippen LogP) is -3.18. The highest BCUT2D eigenvalue weighted by molar-refractivity contribution is 6.05. The molecule has 284 valence electrons. The van der Waals surface area contributed by atoms with Gasteiger partial charge in [-0.1, -0.05) is 6.42 Å². The molecule has 0 spiro atoms. The Labute approximate surface area is 317 Å². The highest BCUT2D eigenvalue weighted by Gasteiger charge is 2.31. The van der Waals surface area contributed by atoms with E-state index in [2.05, 4.69) is 52.7 Å². The number of carboxylic acids is 1. The van der Waals surface area contributed by atoms with E-state index in [1.807, 2.05) is 0 Å². The Kier molecular flexibility index (Phi) is 31.4. The molecule has 0 aliphatic heterocycles. The minimum absolute atomic E-state index is 0.169. The lowest BCUT2D eigenvalue weighted by Crippen LogP contribution is -2.58. The van der Waals surface area contributed by atoms with Gasteiger partial charge in [-0.25, -0.2) is 4.79 Å². The van der Waals surface area contributed by atoms with Crippen LogP contribution in [0.15, 0.2) is 0 Å². The first-order valence-corrected chi connectivity index (χ1v) is 18.4. The summed E-state index contributed by atoms with van der Waals surface area (Å²) in [5.41, 5.74) is 0. The van der Waals surface area contributed by atoms with Crippen molar-refractivity contribution in [3.8, 4) is 0 Å². The third kappa shape index (κ3) is 23.9. The summed E-state index contributed by atoms with van der Waals surface area (Å²) in [6.07, 6.45) is 7.35. The second kappa shape index (κ2) is 33.0. The van der Waals surface area contributed by atoms with Crippen molar-refractivity contribution in [2.24, 2.45) is 0 Å². The van der Waals surface area contributed by atoms with E-state index in [0.29, 0.717) is 90.5 Å². The molecular weight excluding hydrogens is 662 g/mol. The van der Waals surface area contributed by atoms with Gasteiger partial charge in [0.05, 0.1) is 6.04 Å². The minimum atomic E-state index is -1.20. The van der Waals surface area contributed by atoms with Crippen molar-refractivity contribution in [1.82, 2.24) is 52.7 Å². The van der Waals surface area contributed by atoms with Crippen LogP contribution in [-0.2, 0) is 24.0 Å². The summed E-state index contributed by atoms with van der Waals surface area (Å²) in [5.74, 6) is -3.39. The van der Waals surface area contributed by atoms with Crippen LogP contribution in [-0.4, -0.2) is 145 Å². The third-order valence-electron chi connectivity index (χ3n) is 8.50. The van der Waals surface area contributed by atoms with Crippen molar-refractivity contribution < 1.29 is 29.1 Å². The third-order valence-corrected chi connectivity index (χ3v) is 8.50. The van der Waals surface area contributed by atoms with Crippen molar-refractivity contribution in [2.75, 3.05) is 39.8 Å². The number of carboxylic acid groups (broad SMARTS) is 1. The quantitative estimate of drug-likeness (QED) is 0.0230. The number of amides is 4. The topological polar surface area (TPSA) is 226 Å². The van der Waals surface area contributed by atoms with Crippen LogP contribution in [0.3, 0.4) is 0 Å². The molecule has 0 saturated carbocycles. The highest BCUT2D eigenvalue weighted by Crippen LogP contribution is 2.10. The molecule has 0 aromatic rings. The zero-order chi connectivity index (χ0) is 39.0. The lowest BCUT2D eigenvalue weighted by Gasteiger charge is -2.27. The minimum Gasteiger partial charge on any atom is -0.480 e. The second-order valence-electron chi connectivity index (χ2n) is 12.7. The Morgan fingerprint density at radius 3 is 0.885 bits per heavy atom. The van der Waals surface area contributed by atoms with Crippen LogP contribution >= 0.6 is 0 Å². The number of carbonyl (C=O) groups is 5. The summed E-state index contributed by atoms with van der Waals surface area (Å²) in [4.78, 5) is 66.3. The molecule has 0 aromatic heterocycles. The van der Waals surface area contributed by atoms with Gasteiger partial charge in [0.15, 0.2) is 39.9 Å². The molecule has 10 radical (unpaired) electrons. The predicted molar refractivity (Wildman–Crippen MR) is 206 cm³/mol. The van der Waals surface area contributed by atoms with Gasteiger partial charge >= 0.3 is 5.97 Å². The fourth-order valence-electron chi connectivity index (χ4n) is 5.44. The Morgan fingerprint density at radius 2 is 0.635 bits per heavy atom. The zero-order valence-corrected chi connectivity index (χ0v) is 30.9. The zero-order valence-electron chi connectivity index (χ0n) is 30.9. The molecule has 0 rings (SSSR count). The van der Waals surface area contributed by atoms with Crippen molar-refractivity contribution in [3.63, 3.8) is 0 Å². The maximum Gasteiger partial charge on any atom is 0.326 e. The standard InChI is InChI=1S/C31H59B5N10O6/c1-37-22(12-2-7-17-38-32)27(47)43-23(13-3-8-18-39-33)28(48)44-24(14-4-9-19-40-34)29(49)45-25(15-5-10-20-41-35)30(50)46-26(31(51)52)16-6-11-21-42-36/h22-26,37-42H,2-21H2,1H3,(H,43,47)(H,44,48)(H,45,49)(H,46,50)(H,51,52). The molecule has 0 aromatic carbocycles. The summed E-state index contributed by atoms with van der Waals surface area (Å²) in [6.45, 7) is 2.54. The van der Waals surface area contributed by atoms with Gasteiger partial charge in [-0.2, -0.15) is 0 Å². The van der Waals surface area contributed by atoms with Crippen LogP contribution < -0.4 is 52.7 Å². The SMILES string of the molecule is [B]NCCCCC(NC(=O)C(CCCCN[B])NC(=O)C(CCCCN[B])NC(=O)C(CCCCN[B])NC(=O)C(CCCCN[B])NC)C(=O)O. The van der Waals surface area contributed by atoms with E-state index < -0.39 is 53.9 Å². The molecule has 0 bridgehead atoms. The molecule has 21 heteroatoms. The molecule has 5 unspecified atom stereocenters. The van der Waals surface area contributed by atoms with E-state index >= 15 is 0 Å². The number of unbranched alkanes of at least 4 members (excludes halogenated alkanes) is 5. The first-order chi connectivity index (χ1) is 25.1. The molecule has 16 nitrogen and oxygen atoms in total. The second-order valence-corrected chi connectivity index (χ2v) is 12.7. The van der Waals surface area contributed by atoms with Crippen molar-refractivity contribution in [2.45, 2.75) is 127 Å². The molecule has 0 aliphatic rings. The monoisotopic (exact) mass is 723 g/mol. The fourth-order valence-corrected chi connectivity index (χ4v) is 5.44. The first kappa shape index (κ1) is 49.4. The molecule has 0 saturated heterocycles. The van der Waals surface area contributed by atoms with Crippen LogP contribution in [0, 0.1) is 0 Å². The number of aliphatic carboxylic acids is 1. The van der Waals surface area contributed by atoms with Gasteiger partial charge < -0.3 is 57.8 Å². The van der Waals surface area contributed by atoms with Crippen LogP contribution in [0.4, 0.5) is 0 Å². The Bertz CT molecular complexity index is 997. The fraction of sp³-hybridized carbons (Fsp3) is 0.839. The molecule has 5 atom stereocenters. The average molecular weight is 722 g/mol. The Balaban J connectivity index is 6.08. The first-order valence-electron chi connectivity index (χ1n) is 18.4. The van der Waals surface area contributed by atoms with E-state index in [1.54, 1.807) is 7.05 Å². The van der Waals surface area contributed by atoms with Gasteiger partial charge in [0.25, 0.3) is 0 Å². The number of rotatable bonds is 35. The number of nitrogens with one attached hydrogen (secondary N) is 10. The highest BCUT2D eigenvalue weighted by atomic mass is 16.4. The van der Waals surface area contributed by atoms with Crippen LogP contribution in [0.1, 0.15) is 96.3 Å². The number of likely N-dealkylation sites (N-methyl/N-ethyl adjacent to an activating group) is 1. The lowest BCUT2D eigenvalue weighted by atomic mass is 10.0. The van der Waals surface area contributed by atoms with Crippen molar-refractivity contribution in [3.05, 3.63) is 0 Å². The normalized spacial score (nSPS) is 14.0. The summed E-state index contributed by atoms with van der Waals surface area (Å²) in [5, 5.41) is 36.5. The number of carbonyl (C=O) groups excluding carboxylic acids is 4. The summed E-state index contributed by atoms with van der Waals surface area (Å²) < 4.78 is 0. The van der Waals surface area contributed by atoms with Crippen molar-refractivity contribution in [1.29, 1.82) is 0 Å². The molecule has 52 heavy (non-hydrogen) atoms. The molecule has 4 amide bonds. The molecule has 0 fully saturated rings. The smallest absolute Gasteiger partial charge is 0.326 e. The molecular formula is C31H59B5N10O6. The summed E-state index contributed by atoms with van der Waals surface area (Å²) >= 11 is 0. The maximum absolute atomic E-state index is 13.8.